The third kappa shape index (κ3) is 7.77. The molecule has 0 aromatic heterocycles. The number of carbonyl (C=O) groups is 1. The normalized spacial score (nSPS) is 10.5. The standard InChI is InChI=1S/C25H27N3O5/c1-30-21-10-12-22(13-11-21)32-15-6-16-33-23-14-9-19(17-24(23)31-2)18-26-28-25(29)27-20-7-4-3-5-8-20/h3-5,7-14,17-18H,6,15-16H2,1-2H3,(H2,27,28,29)/b26-18+. The van der Waals surface area contributed by atoms with Gasteiger partial charge in [-0.3, -0.25) is 0 Å². The Morgan fingerprint density at radius 2 is 1.58 bits per heavy atom. The van der Waals surface area contributed by atoms with Gasteiger partial charge in [-0.2, -0.15) is 5.10 Å². The minimum absolute atomic E-state index is 0.429. The first-order valence-electron chi connectivity index (χ1n) is 10.4. The summed E-state index contributed by atoms with van der Waals surface area (Å²) in [5, 5.41) is 6.65. The Labute approximate surface area is 193 Å². The molecule has 3 aromatic rings. The van der Waals surface area contributed by atoms with Crippen molar-refractivity contribution in [2.24, 2.45) is 5.10 Å². The van der Waals surface area contributed by atoms with E-state index in [4.69, 9.17) is 18.9 Å². The number of nitrogens with one attached hydrogen (secondary N) is 2. The molecule has 0 bridgehead atoms. The summed E-state index contributed by atoms with van der Waals surface area (Å²) in [5.41, 5.74) is 3.86. The van der Waals surface area contributed by atoms with Gasteiger partial charge in [0.05, 0.1) is 33.6 Å². The summed E-state index contributed by atoms with van der Waals surface area (Å²) in [7, 11) is 3.20. The van der Waals surface area contributed by atoms with Crippen LogP contribution in [0.1, 0.15) is 12.0 Å². The Morgan fingerprint density at radius 1 is 0.848 bits per heavy atom. The molecule has 0 fully saturated rings. The maximum absolute atomic E-state index is 11.9. The van der Waals surface area contributed by atoms with E-state index in [0.717, 1.165) is 17.1 Å². The lowest BCUT2D eigenvalue weighted by molar-refractivity contribution is 0.240. The largest absolute Gasteiger partial charge is 0.497 e. The van der Waals surface area contributed by atoms with Crippen molar-refractivity contribution in [3.05, 3.63) is 78.4 Å². The first-order chi connectivity index (χ1) is 16.2. The highest BCUT2D eigenvalue weighted by atomic mass is 16.5. The van der Waals surface area contributed by atoms with E-state index in [1.165, 1.54) is 6.21 Å². The average Bonchev–Trinajstić information content (AvgIpc) is 2.85. The maximum Gasteiger partial charge on any atom is 0.339 e. The monoisotopic (exact) mass is 449 g/mol. The number of urea groups is 1. The minimum Gasteiger partial charge on any atom is -0.497 e. The first-order valence-corrected chi connectivity index (χ1v) is 10.4. The number of hydrogen-bond donors (Lipinski definition) is 2. The molecule has 8 nitrogen and oxygen atoms in total. The molecule has 0 atom stereocenters. The molecule has 2 amide bonds. The van der Waals surface area contributed by atoms with Gasteiger partial charge in [-0.15, -0.1) is 0 Å². The van der Waals surface area contributed by atoms with E-state index in [1.54, 1.807) is 38.5 Å². The van der Waals surface area contributed by atoms with Crippen molar-refractivity contribution in [3.63, 3.8) is 0 Å². The molecule has 0 aliphatic carbocycles. The highest BCUT2D eigenvalue weighted by Gasteiger charge is 2.06. The highest BCUT2D eigenvalue weighted by molar-refractivity contribution is 5.90. The third-order valence-electron chi connectivity index (χ3n) is 4.47. The SMILES string of the molecule is COc1ccc(OCCCOc2ccc(/C=N/NC(=O)Nc3ccccc3)cc2OC)cc1. The Hall–Kier alpha value is -4.20. The van der Waals surface area contributed by atoms with Crippen molar-refractivity contribution in [2.75, 3.05) is 32.8 Å². The molecular formula is C25H27N3O5. The van der Waals surface area contributed by atoms with Gasteiger partial charge in [-0.25, -0.2) is 10.2 Å². The second kappa shape index (κ2) is 12.6. The van der Waals surface area contributed by atoms with Gasteiger partial charge in [0.1, 0.15) is 11.5 Å². The number of rotatable bonds is 11. The Kier molecular flexibility index (Phi) is 8.96. The molecular weight excluding hydrogens is 422 g/mol. The van der Waals surface area contributed by atoms with E-state index < -0.39 is 6.03 Å². The van der Waals surface area contributed by atoms with E-state index in [1.807, 2.05) is 48.5 Å². The van der Waals surface area contributed by atoms with Gasteiger partial charge in [-0.1, -0.05) is 18.2 Å². The van der Waals surface area contributed by atoms with Gasteiger partial charge < -0.3 is 24.3 Å². The molecule has 0 saturated heterocycles. The quantitative estimate of drug-likeness (QED) is 0.251. The number of ether oxygens (including phenoxy) is 4. The number of methoxy groups -OCH3 is 2. The first kappa shape index (κ1) is 23.5. The number of hydrazone groups is 1. The van der Waals surface area contributed by atoms with Gasteiger partial charge in [0.2, 0.25) is 0 Å². The highest BCUT2D eigenvalue weighted by Crippen LogP contribution is 2.27. The number of anilines is 1. The van der Waals surface area contributed by atoms with E-state index in [0.29, 0.717) is 36.8 Å². The summed E-state index contributed by atoms with van der Waals surface area (Å²) in [6, 6.07) is 21.5. The zero-order chi connectivity index (χ0) is 23.3. The molecule has 0 heterocycles. The Morgan fingerprint density at radius 3 is 2.30 bits per heavy atom. The number of carbonyl (C=O) groups excluding carboxylic acids is 1. The van der Waals surface area contributed by atoms with E-state index in [9.17, 15) is 4.79 Å². The molecule has 3 aromatic carbocycles. The molecule has 0 aliphatic rings. The zero-order valence-corrected chi connectivity index (χ0v) is 18.6. The number of nitrogens with zero attached hydrogens (tertiary/aromatic N) is 1. The number of para-hydroxylation sites is 1. The lowest BCUT2D eigenvalue weighted by Crippen LogP contribution is -2.24. The fraction of sp³-hybridized carbons (Fsp3) is 0.200. The van der Waals surface area contributed by atoms with Gasteiger partial charge in [0, 0.05) is 12.1 Å². The fourth-order valence-electron chi connectivity index (χ4n) is 2.83. The van der Waals surface area contributed by atoms with Crippen LogP contribution in [0.4, 0.5) is 10.5 Å². The number of benzene rings is 3. The molecule has 0 aliphatic heterocycles. The van der Waals surface area contributed by atoms with Gasteiger partial charge in [-0.05, 0) is 60.2 Å². The summed E-state index contributed by atoms with van der Waals surface area (Å²) in [6.45, 7) is 0.997. The summed E-state index contributed by atoms with van der Waals surface area (Å²) in [5.74, 6) is 2.76. The van der Waals surface area contributed by atoms with Crippen molar-refractivity contribution in [1.29, 1.82) is 0 Å². The van der Waals surface area contributed by atoms with Crippen LogP contribution in [0, 0.1) is 0 Å². The van der Waals surface area contributed by atoms with Gasteiger partial charge in [0.25, 0.3) is 0 Å². The molecule has 0 spiro atoms. The third-order valence-corrected chi connectivity index (χ3v) is 4.47. The molecule has 0 unspecified atom stereocenters. The van der Waals surface area contributed by atoms with Gasteiger partial charge in [0.15, 0.2) is 11.5 Å². The summed E-state index contributed by atoms with van der Waals surface area (Å²) < 4.78 is 22.1. The molecule has 3 rings (SSSR count). The molecule has 33 heavy (non-hydrogen) atoms. The molecule has 0 saturated carbocycles. The van der Waals surface area contributed by atoms with E-state index in [-0.39, 0.29) is 0 Å². The summed E-state index contributed by atoms with van der Waals surface area (Å²) in [6.07, 6.45) is 2.23. The fourth-order valence-corrected chi connectivity index (χ4v) is 2.83. The molecule has 172 valence electrons. The maximum atomic E-state index is 11.9. The Balaban J connectivity index is 1.42. The summed E-state index contributed by atoms with van der Waals surface area (Å²) >= 11 is 0. The topological polar surface area (TPSA) is 90.4 Å². The van der Waals surface area contributed by atoms with E-state index >= 15 is 0 Å². The second-order valence-corrected chi connectivity index (χ2v) is 6.83. The minimum atomic E-state index is -0.429. The van der Waals surface area contributed by atoms with Crippen LogP contribution in [0.3, 0.4) is 0 Å². The van der Waals surface area contributed by atoms with Crippen molar-refractivity contribution in [2.45, 2.75) is 6.42 Å². The lowest BCUT2D eigenvalue weighted by atomic mass is 10.2. The number of hydrogen-bond acceptors (Lipinski definition) is 6. The van der Waals surface area contributed by atoms with Crippen LogP contribution in [-0.4, -0.2) is 39.7 Å². The Bertz CT molecular complexity index is 1040. The zero-order valence-electron chi connectivity index (χ0n) is 18.6. The number of amides is 2. The van der Waals surface area contributed by atoms with Crippen molar-refractivity contribution in [1.82, 2.24) is 5.43 Å². The average molecular weight is 450 g/mol. The van der Waals surface area contributed by atoms with Crippen LogP contribution < -0.4 is 29.7 Å². The van der Waals surface area contributed by atoms with Crippen LogP contribution in [0.5, 0.6) is 23.0 Å². The second-order valence-electron chi connectivity index (χ2n) is 6.83. The smallest absolute Gasteiger partial charge is 0.339 e. The predicted octanol–water partition coefficient (Wildman–Crippen LogP) is 4.71. The van der Waals surface area contributed by atoms with Crippen molar-refractivity contribution in [3.8, 4) is 23.0 Å². The molecule has 0 radical (unpaired) electrons. The van der Waals surface area contributed by atoms with Crippen LogP contribution in [-0.2, 0) is 0 Å². The van der Waals surface area contributed by atoms with Crippen molar-refractivity contribution < 1.29 is 23.7 Å². The van der Waals surface area contributed by atoms with Crippen LogP contribution in [0.2, 0.25) is 0 Å². The lowest BCUT2D eigenvalue weighted by Gasteiger charge is -2.12. The van der Waals surface area contributed by atoms with E-state index in [2.05, 4.69) is 15.8 Å². The summed E-state index contributed by atoms with van der Waals surface area (Å²) in [4.78, 5) is 11.9. The van der Waals surface area contributed by atoms with Crippen LogP contribution >= 0.6 is 0 Å². The van der Waals surface area contributed by atoms with Gasteiger partial charge >= 0.3 is 6.03 Å². The molecule has 8 heteroatoms. The molecule has 2 N–H and O–H groups in total. The van der Waals surface area contributed by atoms with Crippen LogP contribution in [0.25, 0.3) is 0 Å². The predicted molar refractivity (Wildman–Crippen MR) is 128 cm³/mol. The van der Waals surface area contributed by atoms with Crippen LogP contribution in [0.15, 0.2) is 77.9 Å². The van der Waals surface area contributed by atoms with Crippen molar-refractivity contribution >= 4 is 17.9 Å².